The quantitative estimate of drug-likeness (QED) is 0.251. The number of morpholine rings is 1. The first-order valence-corrected chi connectivity index (χ1v) is 13.9. The van der Waals surface area contributed by atoms with Crippen molar-refractivity contribution in [1.82, 2.24) is 19.7 Å². The molecule has 1 aliphatic heterocycles. The van der Waals surface area contributed by atoms with Crippen molar-refractivity contribution in [2.75, 3.05) is 50.6 Å². The average Bonchev–Trinajstić information content (AvgIpc) is 2.97. The van der Waals surface area contributed by atoms with E-state index in [0.717, 1.165) is 12.1 Å². The molecule has 0 amide bonds. The Morgan fingerprint density at radius 3 is 2.59 bits per heavy atom. The highest BCUT2D eigenvalue weighted by Gasteiger charge is 2.25. The lowest BCUT2D eigenvalue weighted by Gasteiger charge is -2.29. The normalized spacial score (nSPS) is 14.5. The van der Waals surface area contributed by atoms with Gasteiger partial charge in [-0.15, -0.1) is 0 Å². The summed E-state index contributed by atoms with van der Waals surface area (Å²) < 4.78 is 80.5. The molecule has 10 nitrogen and oxygen atoms in total. The average molecular weight is 589 g/mol. The SMILES string of the molecule is COc1cc(-c2c(F)ccc(C(F)CCN[SH](=O)=O)c2F)cc2c(N3CCOCC3)nc(-c3ccc(N)nc3)nc12. The fourth-order valence-electron chi connectivity index (χ4n) is 4.68. The van der Waals surface area contributed by atoms with Gasteiger partial charge in [-0.1, -0.05) is 6.07 Å². The molecule has 1 saturated heterocycles. The Hall–Kier alpha value is -4.01. The minimum atomic E-state index is -2.92. The van der Waals surface area contributed by atoms with Gasteiger partial charge in [0.2, 0.25) is 10.9 Å². The second kappa shape index (κ2) is 12.2. The molecular weight excluding hydrogens is 561 g/mol. The van der Waals surface area contributed by atoms with E-state index in [9.17, 15) is 12.8 Å². The number of nitrogens with two attached hydrogens (primary N) is 1. The second-order valence-corrected chi connectivity index (χ2v) is 10.1. The fourth-order valence-corrected chi connectivity index (χ4v) is 4.99. The van der Waals surface area contributed by atoms with E-state index in [1.807, 2.05) is 4.90 Å². The Morgan fingerprint density at radius 1 is 1.12 bits per heavy atom. The van der Waals surface area contributed by atoms with Crippen LogP contribution in [0.25, 0.3) is 33.4 Å². The Labute approximate surface area is 235 Å². The molecule has 0 saturated carbocycles. The maximum Gasteiger partial charge on any atom is 0.201 e. The zero-order valence-corrected chi connectivity index (χ0v) is 22.8. The van der Waals surface area contributed by atoms with E-state index >= 15 is 8.78 Å². The first-order chi connectivity index (χ1) is 19.8. The maximum absolute atomic E-state index is 15.7. The summed E-state index contributed by atoms with van der Waals surface area (Å²) >= 11 is 0. The van der Waals surface area contributed by atoms with E-state index in [2.05, 4.69) is 9.71 Å². The number of anilines is 2. The predicted octanol–water partition coefficient (Wildman–Crippen LogP) is 3.58. The van der Waals surface area contributed by atoms with Gasteiger partial charge in [0, 0.05) is 42.3 Å². The van der Waals surface area contributed by atoms with Crippen LogP contribution in [-0.4, -0.2) is 63.3 Å². The molecule has 0 bridgehead atoms. The Kier molecular flexibility index (Phi) is 8.52. The van der Waals surface area contributed by atoms with Gasteiger partial charge in [-0.25, -0.2) is 41.3 Å². The molecule has 4 aromatic rings. The number of alkyl halides is 1. The van der Waals surface area contributed by atoms with Crippen molar-refractivity contribution in [3.05, 3.63) is 59.8 Å². The van der Waals surface area contributed by atoms with Gasteiger partial charge in [-0.2, -0.15) is 0 Å². The van der Waals surface area contributed by atoms with Crippen molar-refractivity contribution in [1.29, 1.82) is 0 Å². The van der Waals surface area contributed by atoms with Crippen LogP contribution in [0.4, 0.5) is 24.8 Å². The zero-order chi connectivity index (χ0) is 29.1. The molecule has 14 heteroatoms. The molecule has 1 atom stereocenters. The number of hydrogen-bond donors (Lipinski definition) is 3. The smallest absolute Gasteiger partial charge is 0.201 e. The summed E-state index contributed by atoms with van der Waals surface area (Å²) in [6.07, 6.45) is -0.651. The molecule has 0 radical (unpaired) electrons. The van der Waals surface area contributed by atoms with E-state index in [4.69, 9.17) is 25.2 Å². The van der Waals surface area contributed by atoms with Gasteiger partial charge in [0.15, 0.2) is 5.82 Å². The molecule has 2 aromatic carbocycles. The van der Waals surface area contributed by atoms with Crippen LogP contribution in [0, 0.1) is 11.6 Å². The molecule has 3 N–H and O–H groups in total. The van der Waals surface area contributed by atoms with Gasteiger partial charge < -0.3 is 20.1 Å². The number of pyridine rings is 1. The van der Waals surface area contributed by atoms with Crippen LogP contribution in [0.15, 0.2) is 42.6 Å². The molecule has 41 heavy (non-hydrogen) atoms. The van der Waals surface area contributed by atoms with E-state index in [-0.39, 0.29) is 29.8 Å². The van der Waals surface area contributed by atoms with Crippen molar-refractivity contribution < 1.29 is 31.1 Å². The third-order valence-corrected chi connectivity index (χ3v) is 7.19. The van der Waals surface area contributed by atoms with Crippen molar-refractivity contribution >= 4 is 33.4 Å². The van der Waals surface area contributed by atoms with Crippen LogP contribution in [-0.2, 0) is 15.6 Å². The van der Waals surface area contributed by atoms with E-state index in [1.165, 1.54) is 13.2 Å². The van der Waals surface area contributed by atoms with Gasteiger partial charge in [0.1, 0.15) is 40.7 Å². The van der Waals surface area contributed by atoms with Crippen molar-refractivity contribution in [3.63, 3.8) is 0 Å². The number of rotatable bonds is 9. The van der Waals surface area contributed by atoms with Gasteiger partial charge in [-0.3, -0.25) is 0 Å². The molecule has 0 aliphatic carbocycles. The minimum Gasteiger partial charge on any atom is -0.494 e. The van der Waals surface area contributed by atoms with Crippen LogP contribution in [0.5, 0.6) is 5.75 Å². The summed E-state index contributed by atoms with van der Waals surface area (Å²) in [5, 5.41) is 0.470. The van der Waals surface area contributed by atoms with Crippen LogP contribution in [0.1, 0.15) is 18.2 Å². The fraction of sp³-hybridized carbons (Fsp3) is 0.296. The van der Waals surface area contributed by atoms with E-state index < -0.39 is 34.3 Å². The lowest BCUT2D eigenvalue weighted by molar-refractivity contribution is 0.122. The lowest BCUT2D eigenvalue weighted by Crippen LogP contribution is -2.37. The minimum absolute atomic E-state index is 0.0965. The topological polar surface area (TPSA) is 133 Å². The third-order valence-electron chi connectivity index (χ3n) is 6.71. The van der Waals surface area contributed by atoms with Crippen LogP contribution in [0.3, 0.4) is 0 Å². The number of thiol groups is 1. The van der Waals surface area contributed by atoms with Crippen LogP contribution < -0.4 is 20.1 Å². The molecule has 3 heterocycles. The van der Waals surface area contributed by atoms with Crippen LogP contribution in [0.2, 0.25) is 0 Å². The number of nitrogens with one attached hydrogen (secondary N) is 1. The van der Waals surface area contributed by atoms with Gasteiger partial charge in [-0.05, 0) is 42.3 Å². The molecular formula is C27H27F3N6O4S. The lowest BCUT2D eigenvalue weighted by atomic mass is 9.96. The number of halogens is 3. The number of hydrogen-bond acceptors (Lipinski definition) is 9. The monoisotopic (exact) mass is 588 g/mol. The number of nitrogen functional groups attached to an aromatic ring is 1. The number of benzene rings is 2. The molecule has 5 rings (SSSR count). The number of methoxy groups -OCH3 is 1. The zero-order valence-electron chi connectivity index (χ0n) is 21.9. The highest BCUT2D eigenvalue weighted by Crippen LogP contribution is 2.40. The Balaban J connectivity index is 1.67. The Morgan fingerprint density at radius 2 is 1.90 bits per heavy atom. The first kappa shape index (κ1) is 28.5. The number of ether oxygens (including phenoxy) is 2. The number of fused-ring (bicyclic) bond motifs is 1. The molecule has 2 aromatic heterocycles. The van der Waals surface area contributed by atoms with Gasteiger partial charge >= 0.3 is 0 Å². The summed E-state index contributed by atoms with van der Waals surface area (Å²) in [6.45, 7) is 1.72. The molecule has 216 valence electrons. The van der Waals surface area contributed by atoms with E-state index in [1.54, 1.807) is 24.4 Å². The second-order valence-electron chi connectivity index (χ2n) is 9.26. The number of aromatic nitrogens is 3. The molecule has 1 aliphatic rings. The van der Waals surface area contributed by atoms with Crippen LogP contribution >= 0.6 is 0 Å². The molecule has 0 spiro atoms. The molecule has 1 fully saturated rings. The highest BCUT2D eigenvalue weighted by atomic mass is 32.2. The standard InChI is InChI=1S/C27H27F3N6O4S/c1-39-21-13-16(23-20(29)4-3-17(24(23)30)19(28)6-7-33-41(37)38)12-18-25(21)34-26(15-2-5-22(31)32-14-15)35-27(18)36-8-10-40-11-9-36/h2-5,12-14,19,41H,6-11H2,1H3,(H2,31,32)(H,33,37,38). The Bertz CT molecular complexity index is 1640. The predicted molar refractivity (Wildman–Crippen MR) is 149 cm³/mol. The maximum atomic E-state index is 15.7. The molecule has 1 unspecified atom stereocenters. The largest absolute Gasteiger partial charge is 0.494 e. The van der Waals surface area contributed by atoms with Gasteiger partial charge in [0.05, 0.1) is 25.9 Å². The van der Waals surface area contributed by atoms with Crippen molar-refractivity contribution in [3.8, 4) is 28.3 Å². The summed E-state index contributed by atoms with van der Waals surface area (Å²) in [4.78, 5) is 15.6. The van der Waals surface area contributed by atoms with Gasteiger partial charge in [0.25, 0.3) is 0 Å². The third kappa shape index (κ3) is 6.04. The highest BCUT2D eigenvalue weighted by molar-refractivity contribution is 7.70. The van der Waals surface area contributed by atoms with Crippen molar-refractivity contribution in [2.24, 2.45) is 0 Å². The summed E-state index contributed by atoms with van der Waals surface area (Å²) in [5.41, 5.74) is 6.01. The van der Waals surface area contributed by atoms with Crippen molar-refractivity contribution in [2.45, 2.75) is 12.6 Å². The summed E-state index contributed by atoms with van der Waals surface area (Å²) in [5.74, 6) is -0.579. The first-order valence-electron chi connectivity index (χ1n) is 12.7. The summed E-state index contributed by atoms with van der Waals surface area (Å²) in [6, 6.07) is 8.35. The number of nitrogens with zero attached hydrogens (tertiary/aromatic N) is 4. The van der Waals surface area contributed by atoms with E-state index in [0.29, 0.717) is 60.2 Å². The summed E-state index contributed by atoms with van der Waals surface area (Å²) in [7, 11) is -1.51.